The number of sulfonamides is 1. The summed E-state index contributed by atoms with van der Waals surface area (Å²) in [7, 11) is -4.14. The van der Waals surface area contributed by atoms with Crippen LogP contribution in [0.2, 0.25) is 5.02 Å². The van der Waals surface area contributed by atoms with E-state index in [1.165, 1.54) is 27.4 Å². The highest BCUT2D eigenvalue weighted by molar-refractivity contribution is 7.89. The van der Waals surface area contributed by atoms with Crippen molar-refractivity contribution in [3.8, 4) is 0 Å². The molecule has 1 saturated heterocycles. The fourth-order valence-corrected chi connectivity index (χ4v) is 8.14. The monoisotopic (exact) mass is 748 g/mol. The van der Waals surface area contributed by atoms with Crippen molar-refractivity contribution >= 4 is 56.1 Å². The standard InChI is InChI=1S/C38H45ClN6O6S/c1-24(2)20-43(52(50,51)29-16-17-30(39)31(40)19-29)22-34(46)33(18-26-10-6-5-7-11-26)42-37(48)36(25(3)4)45-23-35(47)44(38(45)49)21-28-15-14-27-12-8-9-13-32(27)41-28/h5-17,19,24-25,33-34,36,46H,18,20-23,40H2,1-4H3,(H,42,48)/t33-,34+,36?/m0/s1. The van der Waals surface area contributed by atoms with Gasteiger partial charge in [0, 0.05) is 18.5 Å². The second-order valence-corrected chi connectivity index (χ2v) is 16.2. The first-order valence-corrected chi connectivity index (χ1v) is 19.0. The summed E-state index contributed by atoms with van der Waals surface area (Å²) in [6.45, 7) is 6.62. The number of fused-ring (bicyclic) bond motifs is 1. The second-order valence-electron chi connectivity index (χ2n) is 13.8. The molecule has 1 aromatic heterocycles. The number of aromatic nitrogens is 1. The van der Waals surface area contributed by atoms with E-state index < -0.39 is 52.0 Å². The maximum atomic E-state index is 14.2. The molecular formula is C38H45ClN6O6S. The van der Waals surface area contributed by atoms with Crippen LogP contribution in [0, 0.1) is 11.8 Å². The topological polar surface area (TPSA) is 166 Å². The number of nitrogens with one attached hydrogen (secondary N) is 1. The number of anilines is 1. The maximum Gasteiger partial charge on any atom is 0.328 e. The molecule has 3 aromatic carbocycles. The number of aliphatic hydroxyl groups excluding tert-OH is 1. The summed E-state index contributed by atoms with van der Waals surface area (Å²) in [6, 6.07) is 21.7. The summed E-state index contributed by atoms with van der Waals surface area (Å²) in [6.07, 6.45) is -1.21. The predicted octanol–water partition coefficient (Wildman–Crippen LogP) is 4.69. The van der Waals surface area contributed by atoms with E-state index >= 15 is 0 Å². The Morgan fingerprint density at radius 2 is 1.67 bits per heavy atom. The summed E-state index contributed by atoms with van der Waals surface area (Å²) in [5.41, 5.74) is 8.08. The fourth-order valence-electron chi connectivity index (χ4n) is 6.36. The van der Waals surface area contributed by atoms with Crippen molar-refractivity contribution in [2.45, 2.75) is 63.7 Å². The van der Waals surface area contributed by atoms with Crippen molar-refractivity contribution in [3.05, 3.63) is 101 Å². The van der Waals surface area contributed by atoms with Crippen molar-refractivity contribution in [3.63, 3.8) is 0 Å². The van der Waals surface area contributed by atoms with Gasteiger partial charge in [-0.15, -0.1) is 0 Å². The molecule has 0 aliphatic carbocycles. The number of hydrogen-bond donors (Lipinski definition) is 3. The number of hydrogen-bond acceptors (Lipinski definition) is 8. The average molecular weight is 749 g/mol. The van der Waals surface area contributed by atoms with Gasteiger partial charge < -0.3 is 21.1 Å². The number of benzene rings is 3. The van der Waals surface area contributed by atoms with Gasteiger partial charge in [-0.2, -0.15) is 4.31 Å². The molecule has 2 heterocycles. The van der Waals surface area contributed by atoms with Crippen LogP contribution in [0.15, 0.2) is 89.8 Å². The Balaban J connectivity index is 1.38. The van der Waals surface area contributed by atoms with Gasteiger partial charge in [-0.1, -0.05) is 93.9 Å². The molecule has 1 fully saturated rings. The van der Waals surface area contributed by atoms with Gasteiger partial charge >= 0.3 is 6.03 Å². The molecule has 4 amide bonds. The van der Waals surface area contributed by atoms with Gasteiger partial charge in [0.15, 0.2) is 0 Å². The molecule has 1 aliphatic rings. The maximum absolute atomic E-state index is 14.2. The molecule has 52 heavy (non-hydrogen) atoms. The lowest BCUT2D eigenvalue weighted by Gasteiger charge is -2.34. The van der Waals surface area contributed by atoms with E-state index in [2.05, 4.69) is 10.3 Å². The Bertz CT molecular complexity index is 2030. The second kappa shape index (κ2) is 16.4. The summed E-state index contributed by atoms with van der Waals surface area (Å²) in [5.74, 6) is -1.56. The molecule has 0 bridgehead atoms. The third-order valence-electron chi connectivity index (χ3n) is 8.95. The number of urea groups is 1. The van der Waals surface area contributed by atoms with Crippen LogP contribution >= 0.6 is 11.6 Å². The molecule has 4 aromatic rings. The van der Waals surface area contributed by atoms with Gasteiger partial charge in [-0.25, -0.2) is 13.2 Å². The van der Waals surface area contributed by atoms with Gasteiger partial charge in [0.2, 0.25) is 15.9 Å². The van der Waals surface area contributed by atoms with E-state index in [9.17, 15) is 27.9 Å². The van der Waals surface area contributed by atoms with E-state index in [-0.39, 0.29) is 54.1 Å². The number of para-hydroxylation sites is 1. The Morgan fingerprint density at radius 1 is 0.981 bits per heavy atom. The lowest BCUT2D eigenvalue weighted by Crippen LogP contribution is -2.57. The van der Waals surface area contributed by atoms with Gasteiger partial charge in [0.05, 0.1) is 45.5 Å². The zero-order valence-corrected chi connectivity index (χ0v) is 31.2. The van der Waals surface area contributed by atoms with Crippen molar-refractivity contribution < 1.29 is 27.9 Å². The highest BCUT2D eigenvalue weighted by atomic mass is 35.5. The zero-order chi connectivity index (χ0) is 37.7. The lowest BCUT2D eigenvalue weighted by molar-refractivity contribution is -0.129. The quantitative estimate of drug-likeness (QED) is 0.116. The molecular weight excluding hydrogens is 704 g/mol. The first-order valence-electron chi connectivity index (χ1n) is 17.2. The zero-order valence-electron chi connectivity index (χ0n) is 29.6. The van der Waals surface area contributed by atoms with Gasteiger partial charge in [0.25, 0.3) is 5.91 Å². The molecule has 0 radical (unpaired) electrons. The van der Waals surface area contributed by atoms with E-state index in [1.807, 2.05) is 74.5 Å². The van der Waals surface area contributed by atoms with E-state index in [0.29, 0.717) is 5.69 Å². The third-order valence-corrected chi connectivity index (χ3v) is 11.1. The Labute approximate surface area is 309 Å². The van der Waals surface area contributed by atoms with Gasteiger partial charge in [0.1, 0.15) is 12.6 Å². The number of aliphatic hydroxyl groups is 1. The Morgan fingerprint density at radius 3 is 2.35 bits per heavy atom. The number of halogens is 1. The molecule has 276 valence electrons. The number of nitrogens with two attached hydrogens (primary N) is 1. The SMILES string of the molecule is CC(C)CN(C[C@@H](O)[C@H](Cc1ccccc1)NC(=O)C(C(C)C)N1CC(=O)N(Cc2ccc3ccccc3n2)C1=O)S(=O)(=O)c1ccc(Cl)c(N)c1. The molecule has 0 saturated carbocycles. The third kappa shape index (κ3) is 8.90. The van der Waals surface area contributed by atoms with Crippen molar-refractivity contribution in [2.24, 2.45) is 11.8 Å². The Kier molecular flexibility index (Phi) is 12.2. The minimum Gasteiger partial charge on any atom is -0.397 e. The van der Waals surface area contributed by atoms with Crippen LogP contribution in [0.5, 0.6) is 0 Å². The first kappa shape index (κ1) is 38.7. The number of nitrogen functional groups attached to an aromatic ring is 1. The van der Waals surface area contributed by atoms with E-state index in [1.54, 1.807) is 19.9 Å². The molecule has 0 spiro atoms. The van der Waals surface area contributed by atoms with Crippen LogP contribution in [-0.4, -0.2) is 88.3 Å². The smallest absolute Gasteiger partial charge is 0.328 e. The molecule has 12 nitrogen and oxygen atoms in total. The van der Waals surface area contributed by atoms with E-state index in [0.717, 1.165) is 21.4 Å². The summed E-state index contributed by atoms with van der Waals surface area (Å²) in [4.78, 5) is 48.0. The average Bonchev–Trinajstić information content (AvgIpc) is 3.36. The van der Waals surface area contributed by atoms with Crippen LogP contribution in [0.25, 0.3) is 10.9 Å². The predicted molar refractivity (Wildman–Crippen MR) is 201 cm³/mol. The normalized spacial score (nSPS) is 15.6. The number of amides is 4. The van der Waals surface area contributed by atoms with Crippen LogP contribution < -0.4 is 11.1 Å². The van der Waals surface area contributed by atoms with Gasteiger partial charge in [-0.05, 0) is 54.2 Å². The highest BCUT2D eigenvalue weighted by Crippen LogP contribution is 2.27. The molecule has 4 N–H and O–H groups in total. The summed E-state index contributed by atoms with van der Waals surface area (Å²) >= 11 is 6.06. The van der Waals surface area contributed by atoms with Crippen molar-refractivity contribution in [1.29, 1.82) is 0 Å². The Hall–Kier alpha value is -4.56. The van der Waals surface area contributed by atoms with E-state index in [4.69, 9.17) is 17.3 Å². The summed E-state index contributed by atoms with van der Waals surface area (Å²) in [5, 5.41) is 15.8. The number of pyridine rings is 1. The van der Waals surface area contributed by atoms with Crippen LogP contribution in [-0.2, 0) is 32.6 Å². The van der Waals surface area contributed by atoms with Crippen molar-refractivity contribution in [1.82, 2.24) is 24.4 Å². The number of imide groups is 1. The lowest BCUT2D eigenvalue weighted by atomic mass is 9.97. The first-order chi connectivity index (χ1) is 24.6. The molecule has 14 heteroatoms. The van der Waals surface area contributed by atoms with Crippen molar-refractivity contribution in [2.75, 3.05) is 25.4 Å². The van der Waals surface area contributed by atoms with Gasteiger partial charge in [-0.3, -0.25) is 19.5 Å². The minimum absolute atomic E-state index is 0.0553. The molecule has 5 rings (SSSR count). The largest absolute Gasteiger partial charge is 0.397 e. The summed E-state index contributed by atoms with van der Waals surface area (Å²) < 4.78 is 28.9. The molecule has 1 unspecified atom stereocenters. The minimum atomic E-state index is -4.14. The number of rotatable bonds is 15. The van der Waals surface area contributed by atoms with Crippen LogP contribution in [0.3, 0.4) is 0 Å². The van der Waals surface area contributed by atoms with Crippen LogP contribution in [0.1, 0.15) is 39.0 Å². The molecule has 3 atom stereocenters. The highest BCUT2D eigenvalue weighted by Gasteiger charge is 2.44. The fraction of sp³-hybridized carbons (Fsp3) is 0.368. The number of nitrogens with zero attached hydrogens (tertiary/aromatic N) is 4. The number of carbonyl (C=O) groups excluding carboxylic acids is 3. The van der Waals surface area contributed by atoms with Crippen LogP contribution in [0.4, 0.5) is 10.5 Å². The number of carbonyl (C=O) groups is 3. The molecule has 1 aliphatic heterocycles.